The predicted octanol–water partition coefficient (Wildman–Crippen LogP) is -0.943. The van der Waals surface area contributed by atoms with E-state index in [1.807, 2.05) is 0 Å². The molecule has 1 aliphatic rings. The first-order valence-electron chi connectivity index (χ1n) is 7.32. The minimum atomic E-state index is -1.65. The third kappa shape index (κ3) is 4.11. The zero-order chi connectivity index (χ0) is 17.9. The van der Waals surface area contributed by atoms with Crippen molar-refractivity contribution in [1.29, 1.82) is 0 Å². The van der Waals surface area contributed by atoms with Crippen LogP contribution in [0, 0.1) is 6.92 Å². The van der Waals surface area contributed by atoms with Gasteiger partial charge in [-0.05, 0) is 30.2 Å². The highest BCUT2D eigenvalue weighted by atomic mass is 16.7. The SMILES string of the molecule is Cc1ccc(/C=C/C(=O)OC2OC(CO)C(O)C(O)C2O)cc1O. The Morgan fingerprint density at radius 1 is 1.25 bits per heavy atom. The van der Waals surface area contributed by atoms with E-state index in [-0.39, 0.29) is 5.75 Å². The molecule has 0 radical (unpaired) electrons. The molecular weight excluding hydrogens is 320 g/mol. The maximum atomic E-state index is 11.8. The molecule has 0 saturated carbocycles. The van der Waals surface area contributed by atoms with Crippen LogP contribution in [0.3, 0.4) is 0 Å². The number of rotatable bonds is 4. The number of aryl methyl sites for hydroxylation is 1. The second-order valence-electron chi connectivity index (χ2n) is 5.51. The van der Waals surface area contributed by atoms with E-state index in [0.29, 0.717) is 11.1 Å². The molecule has 5 N–H and O–H groups in total. The van der Waals surface area contributed by atoms with Crippen LogP contribution in [0.4, 0.5) is 0 Å². The van der Waals surface area contributed by atoms with E-state index in [1.54, 1.807) is 19.1 Å². The molecule has 0 amide bonds. The summed E-state index contributed by atoms with van der Waals surface area (Å²) < 4.78 is 9.95. The fourth-order valence-corrected chi connectivity index (χ4v) is 2.21. The Labute approximate surface area is 138 Å². The van der Waals surface area contributed by atoms with Crippen molar-refractivity contribution in [1.82, 2.24) is 0 Å². The Hall–Kier alpha value is -1.97. The molecule has 132 valence electrons. The first-order valence-corrected chi connectivity index (χ1v) is 7.32. The van der Waals surface area contributed by atoms with E-state index in [9.17, 15) is 25.2 Å². The molecule has 24 heavy (non-hydrogen) atoms. The van der Waals surface area contributed by atoms with Crippen molar-refractivity contribution in [3.05, 3.63) is 35.4 Å². The molecule has 1 aromatic carbocycles. The summed E-state index contributed by atoms with van der Waals surface area (Å²) in [7, 11) is 0. The monoisotopic (exact) mass is 340 g/mol. The highest BCUT2D eigenvalue weighted by Crippen LogP contribution is 2.22. The van der Waals surface area contributed by atoms with E-state index >= 15 is 0 Å². The number of ether oxygens (including phenoxy) is 2. The average Bonchev–Trinajstić information content (AvgIpc) is 2.56. The fourth-order valence-electron chi connectivity index (χ4n) is 2.21. The highest BCUT2D eigenvalue weighted by Gasteiger charge is 2.45. The number of aromatic hydroxyl groups is 1. The number of benzene rings is 1. The molecule has 0 aliphatic carbocycles. The zero-order valence-electron chi connectivity index (χ0n) is 12.9. The van der Waals surface area contributed by atoms with Gasteiger partial charge in [0.15, 0.2) is 0 Å². The van der Waals surface area contributed by atoms with E-state index in [0.717, 1.165) is 6.08 Å². The van der Waals surface area contributed by atoms with Gasteiger partial charge in [0, 0.05) is 6.08 Å². The van der Waals surface area contributed by atoms with Crippen molar-refractivity contribution in [2.75, 3.05) is 6.61 Å². The fraction of sp³-hybridized carbons (Fsp3) is 0.438. The van der Waals surface area contributed by atoms with E-state index in [4.69, 9.17) is 14.6 Å². The second kappa shape index (κ2) is 7.73. The molecule has 8 nitrogen and oxygen atoms in total. The van der Waals surface area contributed by atoms with Crippen LogP contribution in [0.5, 0.6) is 5.75 Å². The standard InChI is InChI=1S/C16H20O8/c1-8-2-3-9(6-10(8)18)4-5-12(19)24-16-15(22)14(21)13(20)11(7-17)23-16/h2-6,11,13-18,20-22H,7H2,1H3/b5-4+. The van der Waals surface area contributed by atoms with Crippen molar-refractivity contribution in [2.45, 2.75) is 37.6 Å². The third-order valence-corrected chi connectivity index (χ3v) is 3.73. The highest BCUT2D eigenvalue weighted by molar-refractivity contribution is 5.87. The summed E-state index contributed by atoms with van der Waals surface area (Å²) in [6, 6.07) is 4.83. The van der Waals surface area contributed by atoms with Crippen LogP contribution in [0.25, 0.3) is 6.08 Å². The lowest BCUT2D eigenvalue weighted by molar-refractivity contribution is -0.291. The van der Waals surface area contributed by atoms with Crippen LogP contribution in [0.2, 0.25) is 0 Å². The predicted molar refractivity (Wildman–Crippen MR) is 81.7 cm³/mol. The van der Waals surface area contributed by atoms with Crippen molar-refractivity contribution in [3.63, 3.8) is 0 Å². The largest absolute Gasteiger partial charge is 0.508 e. The molecule has 1 aromatic rings. The quantitative estimate of drug-likeness (QED) is 0.350. The molecule has 1 heterocycles. The summed E-state index contributed by atoms with van der Waals surface area (Å²) in [5.41, 5.74) is 1.25. The Kier molecular flexibility index (Phi) is 5.92. The van der Waals surface area contributed by atoms with Crippen LogP contribution in [-0.2, 0) is 14.3 Å². The molecule has 0 aromatic heterocycles. The number of carbonyl (C=O) groups excluding carboxylic acids is 1. The first-order chi connectivity index (χ1) is 11.3. The number of hydrogen-bond acceptors (Lipinski definition) is 8. The van der Waals surface area contributed by atoms with Crippen LogP contribution < -0.4 is 0 Å². The third-order valence-electron chi connectivity index (χ3n) is 3.73. The van der Waals surface area contributed by atoms with Crippen molar-refractivity contribution >= 4 is 12.0 Å². The van der Waals surface area contributed by atoms with Gasteiger partial charge in [-0.25, -0.2) is 4.79 Å². The Balaban J connectivity index is 2.00. The van der Waals surface area contributed by atoms with Crippen molar-refractivity contribution in [2.24, 2.45) is 0 Å². The second-order valence-corrected chi connectivity index (χ2v) is 5.51. The smallest absolute Gasteiger partial charge is 0.333 e. The Morgan fingerprint density at radius 2 is 1.96 bits per heavy atom. The van der Waals surface area contributed by atoms with Gasteiger partial charge in [-0.2, -0.15) is 0 Å². The lowest BCUT2D eigenvalue weighted by Crippen LogP contribution is -2.59. The van der Waals surface area contributed by atoms with Gasteiger partial charge in [0.2, 0.25) is 6.29 Å². The summed E-state index contributed by atoms with van der Waals surface area (Å²) in [4.78, 5) is 11.8. The number of hydrogen-bond donors (Lipinski definition) is 5. The maximum Gasteiger partial charge on any atom is 0.333 e. The molecular formula is C16H20O8. The maximum absolute atomic E-state index is 11.8. The summed E-state index contributed by atoms with van der Waals surface area (Å²) in [6.45, 7) is 1.12. The zero-order valence-corrected chi connectivity index (χ0v) is 12.9. The Morgan fingerprint density at radius 3 is 2.58 bits per heavy atom. The molecule has 1 saturated heterocycles. The van der Waals surface area contributed by atoms with Gasteiger partial charge in [0.25, 0.3) is 0 Å². The molecule has 1 fully saturated rings. The minimum Gasteiger partial charge on any atom is -0.508 e. The lowest BCUT2D eigenvalue weighted by atomic mass is 9.99. The van der Waals surface area contributed by atoms with Crippen LogP contribution in [0.1, 0.15) is 11.1 Å². The number of phenolic OH excluding ortho intramolecular Hbond substituents is 1. The van der Waals surface area contributed by atoms with Gasteiger partial charge >= 0.3 is 5.97 Å². The van der Waals surface area contributed by atoms with E-state index in [2.05, 4.69) is 0 Å². The molecule has 0 bridgehead atoms. The lowest BCUT2D eigenvalue weighted by Gasteiger charge is -2.38. The van der Waals surface area contributed by atoms with Gasteiger partial charge in [-0.15, -0.1) is 0 Å². The normalized spacial score (nSPS) is 30.5. The van der Waals surface area contributed by atoms with Gasteiger partial charge in [0.05, 0.1) is 6.61 Å². The molecule has 2 rings (SSSR count). The van der Waals surface area contributed by atoms with E-state index in [1.165, 1.54) is 12.1 Å². The summed E-state index contributed by atoms with van der Waals surface area (Å²) in [5, 5.41) is 47.7. The minimum absolute atomic E-state index is 0.0828. The van der Waals surface area contributed by atoms with Gasteiger partial charge in [-0.3, -0.25) is 0 Å². The molecule has 8 heteroatoms. The molecule has 5 atom stereocenters. The van der Waals surface area contributed by atoms with Gasteiger partial charge < -0.3 is 35.0 Å². The van der Waals surface area contributed by atoms with E-state index < -0.39 is 43.3 Å². The number of aliphatic hydroxyl groups excluding tert-OH is 4. The summed E-state index contributed by atoms with van der Waals surface area (Å²) in [6.07, 6.45) is -5.01. The van der Waals surface area contributed by atoms with Gasteiger partial charge in [0.1, 0.15) is 30.2 Å². The van der Waals surface area contributed by atoms with Gasteiger partial charge in [-0.1, -0.05) is 12.1 Å². The van der Waals surface area contributed by atoms with Crippen molar-refractivity contribution in [3.8, 4) is 5.75 Å². The van der Waals surface area contributed by atoms with Crippen LogP contribution >= 0.6 is 0 Å². The van der Waals surface area contributed by atoms with Crippen LogP contribution in [-0.4, -0.2) is 68.8 Å². The average molecular weight is 340 g/mol. The number of esters is 1. The van der Waals surface area contributed by atoms with Crippen molar-refractivity contribution < 1.29 is 39.8 Å². The molecule has 5 unspecified atom stereocenters. The first kappa shape index (κ1) is 18.4. The number of carbonyl (C=O) groups is 1. The summed E-state index contributed by atoms with van der Waals surface area (Å²) >= 11 is 0. The molecule has 1 aliphatic heterocycles. The topological polar surface area (TPSA) is 137 Å². The molecule has 0 spiro atoms. The summed E-state index contributed by atoms with van der Waals surface area (Å²) in [5.74, 6) is -0.779. The number of phenols is 1. The van der Waals surface area contributed by atoms with Crippen LogP contribution in [0.15, 0.2) is 24.3 Å². The number of aliphatic hydroxyl groups is 4. The Bertz CT molecular complexity index is 612.